The van der Waals surface area contributed by atoms with E-state index in [-0.39, 0.29) is 22.8 Å². The molecule has 0 radical (unpaired) electrons. The molecule has 0 atom stereocenters. The number of aromatic nitrogens is 5. The summed E-state index contributed by atoms with van der Waals surface area (Å²) in [5.41, 5.74) is 1.41. The molecule has 146 valence electrons. The Balaban J connectivity index is 1.47. The van der Waals surface area contributed by atoms with Crippen LogP contribution in [0.5, 0.6) is 5.75 Å². The Morgan fingerprint density at radius 3 is 2.72 bits per heavy atom. The summed E-state index contributed by atoms with van der Waals surface area (Å²) in [6.45, 7) is 0.172. The molecule has 9 nitrogen and oxygen atoms in total. The summed E-state index contributed by atoms with van der Waals surface area (Å²) in [5, 5.41) is 10.2. The molecule has 29 heavy (non-hydrogen) atoms. The van der Waals surface area contributed by atoms with Gasteiger partial charge in [-0.3, -0.25) is 19.7 Å². The predicted molar refractivity (Wildman–Crippen MR) is 109 cm³/mol. The molecule has 0 saturated carbocycles. The largest absolute Gasteiger partial charge is 0.497 e. The molecule has 0 unspecified atom stereocenters. The summed E-state index contributed by atoms with van der Waals surface area (Å²) in [6, 6.07) is 12.1. The first-order valence-electron chi connectivity index (χ1n) is 8.64. The average Bonchev–Trinajstić information content (AvgIpc) is 3.20. The quantitative estimate of drug-likeness (QED) is 0.375. The van der Waals surface area contributed by atoms with Gasteiger partial charge in [0.15, 0.2) is 10.6 Å². The lowest BCUT2D eigenvalue weighted by atomic mass is 10.1. The van der Waals surface area contributed by atoms with Crippen molar-refractivity contribution < 1.29 is 9.53 Å². The zero-order valence-electron chi connectivity index (χ0n) is 15.3. The summed E-state index contributed by atoms with van der Waals surface area (Å²) < 4.78 is 5.34. The SMILES string of the molecule is COc1ccc(-c2n[nH]c(CNC(=O)c3ccc4c(=O)[nH]c(=S)[nH]c4c3)n2)cc1. The number of hydrogen-bond donors (Lipinski definition) is 4. The average molecular weight is 408 g/mol. The molecule has 0 saturated heterocycles. The van der Waals surface area contributed by atoms with E-state index in [0.717, 1.165) is 11.3 Å². The van der Waals surface area contributed by atoms with Gasteiger partial charge in [0.2, 0.25) is 0 Å². The maximum absolute atomic E-state index is 12.5. The van der Waals surface area contributed by atoms with Crippen molar-refractivity contribution >= 4 is 29.0 Å². The van der Waals surface area contributed by atoms with E-state index in [0.29, 0.717) is 28.1 Å². The van der Waals surface area contributed by atoms with Gasteiger partial charge in [0.05, 0.1) is 24.6 Å². The minimum Gasteiger partial charge on any atom is -0.497 e. The number of fused-ring (bicyclic) bond motifs is 1. The van der Waals surface area contributed by atoms with Gasteiger partial charge in [-0.2, -0.15) is 5.10 Å². The minimum absolute atomic E-state index is 0.172. The Kier molecular flexibility index (Phi) is 4.92. The lowest BCUT2D eigenvalue weighted by Crippen LogP contribution is -2.23. The second-order valence-electron chi connectivity index (χ2n) is 6.19. The third kappa shape index (κ3) is 3.92. The number of hydrogen-bond acceptors (Lipinski definition) is 6. The number of amides is 1. The first-order chi connectivity index (χ1) is 14.0. The van der Waals surface area contributed by atoms with Crippen LogP contribution in [-0.4, -0.2) is 38.2 Å². The predicted octanol–water partition coefficient (Wildman–Crippen LogP) is 2.31. The van der Waals surface area contributed by atoms with Gasteiger partial charge in [0.1, 0.15) is 11.6 Å². The zero-order chi connectivity index (χ0) is 20.4. The normalized spacial score (nSPS) is 10.8. The van der Waals surface area contributed by atoms with E-state index < -0.39 is 0 Å². The van der Waals surface area contributed by atoms with Gasteiger partial charge in [-0.15, -0.1) is 0 Å². The molecular weight excluding hydrogens is 392 g/mol. The smallest absolute Gasteiger partial charge is 0.259 e. The van der Waals surface area contributed by atoms with E-state index in [2.05, 4.69) is 30.5 Å². The number of nitrogens with one attached hydrogen (secondary N) is 4. The van der Waals surface area contributed by atoms with Crippen molar-refractivity contribution in [3.8, 4) is 17.1 Å². The molecule has 4 aromatic rings. The molecule has 0 fully saturated rings. The van der Waals surface area contributed by atoms with Gasteiger partial charge in [0, 0.05) is 11.1 Å². The van der Waals surface area contributed by atoms with E-state index in [1.165, 1.54) is 0 Å². The van der Waals surface area contributed by atoms with Crippen molar-refractivity contribution in [2.45, 2.75) is 6.54 Å². The molecule has 2 heterocycles. The van der Waals surface area contributed by atoms with Gasteiger partial charge in [-0.05, 0) is 54.7 Å². The summed E-state index contributed by atoms with van der Waals surface area (Å²) in [6.07, 6.45) is 0. The van der Waals surface area contributed by atoms with Crippen LogP contribution in [0.15, 0.2) is 47.3 Å². The fourth-order valence-electron chi connectivity index (χ4n) is 2.82. The van der Waals surface area contributed by atoms with Crippen molar-refractivity contribution in [2.75, 3.05) is 7.11 Å². The highest BCUT2D eigenvalue weighted by Gasteiger charge is 2.11. The second kappa shape index (κ2) is 7.68. The van der Waals surface area contributed by atoms with Crippen LogP contribution in [-0.2, 0) is 6.54 Å². The van der Waals surface area contributed by atoms with Crippen LogP contribution in [0.1, 0.15) is 16.2 Å². The van der Waals surface area contributed by atoms with Crippen LogP contribution in [0.4, 0.5) is 0 Å². The van der Waals surface area contributed by atoms with Crippen LogP contribution < -0.4 is 15.6 Å². The van der Waals surface area contributed by atoms with Gasteiger partial charge in [-0.25, -0.2) is 4.98 Å². The number of ether oxygens (including phenoxy) is 1. The topological polar surface area (TPSA) is 129 Å². The van der Waals surface area contributed by atoms with Gasteiger partial charge < -0.3 is 15.0 Å². The highest BCUT2D eigenvalue weighted by atomic mass is 32.1. The fraction of sp³-hybridized carbons (Fsp3) is 0.105. The minimum atomic E-state index is -0.311. The number of carbonyl (C=O) groups is 1. The Hall–Kier alpha value is -3.79. The molecule has 0 bridgehead atoms. The Bertz CT molecular complexity index is 1310. The summed E-state index contributed by atoms with van der Waals surface area (Å²) in [4.78, 5) is 34.1. The third-order valence-corrected chi connectivity index (χ3v) is 4.50. The number of aromatic amines is 3. The first kappa shape index (κ1) is 18.6. The Morgan fingerprint density at radius 2 is 1.97 bits per heavy atom. The highest BCUT2D eigenvalue weighted by Crippen LogP contribution is 2.19. The highest BCUT2D eigenvalue weighted by molar-refractivity contribution is 7.71. The molecule has 0 aliphatic carbocycles. The van der Waals surface area contributed by atoms with Crippen molar-refractivity contribution in [3.63, 3.8) is 0 Å². The van der Waals surface area contributed by atoms with E-state index in [4.69, 9.17) is 17.0 Å². The number of H-pyrrole nitrogens is 3. The molecule has 0 aliphatic rings. The van der Waals surface area contributed by atoms with Crippen LogP contribution >= 0.6 is 12.2 Å². The van der Waals surface area contributed by atoms with Gasteiger partial charge in [0.25, 0.3) is 11.5 Å². The molecule has 2 aromatic carbocycles. The first-order valence-corrected chi connectivity index (χ1v) is 9.04. The maximum atomic E-state index is 12.5. The molecule has 4 rings (SSSR count). The van der Waals surface area contributed by atoms with Crippen molar-refractivity contribution in [1.29, 1.82) is 0 Å². The van der Waals surface area contributed by atoms with Crippen molar-refractivity contribution in [1.82, 2.24) is 30.5 Å². The van der Waals surface area contributed by atoms with Crippen LogP contribution in [0, 0.1) is 4.77 Å². The number of nitrogens with zero attached hydrogens (tertiary/aromatic N) is 2. The molecule has 10 heteroatoms. The fourth-order valence-corrected chi connectivity index (χ4v) is 3.02. The molecular formula is C19H16N6O3S. The van der Waals surface area contributed by atoms with Crippen LogP contribution in [0.2, 0.25) is 0 Å². The summed E-state index contributed by atoms with van der Waals surface area (Å²) in [5.74, 6) is 1.47. The van der Waals surface area contributed by atoms with Crippen molar-refractivity contribution in [3.05, 3.63) is 69.0 Å². The summed E-state index contributed by atoms with van der Waals surface area (Å²) >= 11 is 4.97. The molecule has 4 N–H and O–H groups in total. The molecule has 2 aromatic heterocycles. The van der Waals surface area contributed by atoms with Crippen LogP contribution in [0.3, 0.4) is 0 Å². The monoisotopic (exact) mass is 408 g/mol. The number of carbonyl (C=O) groups excluding carboxylic acids is 1. The zero-order valence-corrected chi connectivity index (χ0v) is 16.1. The van der Waals surface area contributed by atoms with Gasteiger partial charge in [-0.1, -0.05) is 0 Å². The lowest BCUT2D eigenvalue weighted by molar-refractivity contribution is 0.0950. The Morgan fingerprint density at radius 1 is 1.17 bits per heavy atom. The molecule has 0 spiro atoms. The number of methoxy groups -OCH3 is 1. The number of rotatable bonds is 5. The Labute approximate surface area is 169 Å². The second-order valence-corrected chi connectivity index (χ2v) is 6.59. The van der Waals surface area contributed by atoms with E-state index in [9.17, 15) is 9.59 Å². The molecule has 1 amide bonds. The third-order valence-electron chi connectivity index (χ3n) is 4.30. The number of benzene rings is 2. The summed E-state index contributed by atoms with van der Waals surface area (Å²) in [7, 11) is 1.60. The van der Waals surface area contributed by atoms with Gasteiger partial charge >= 0.3 is 0 Å². The van der Waals surface area contributed by atoms with Crippen molar-refractivity contribution in [2.24, 2.45) is 0 Å². The van der Waals surface area contributed by atoms with E-state index >= 15 is 0 Å². The lowest BCUT2D eigenvalue weighted by Gasteiger charge is -2.04. The molecule has 0 aliphatic heterocycles. The van der Waals surface area contributed by atoms with E-state index in [1.807, 2.05) is 24.3 Å². The standard InChI is InChI=1S/C19H16N6O3S/c1-28-12-5-2-10(3-6-12)16-22-15(24-25-16)9-20-17(26)11-4-7-13-14(8-11)21-19(29)23-18(13)27/h2-8H,9H2,1H3,(H,20,26)(H,22,24,25)(H2,21,23,27,29). The van der Waals surface area contributed by atoms with Crippen LogP contribution in [0.25, 0.3) is 22.3 Å². The van der Waals surface area contributed by atoms with E-state index in [1.54, 1.807) is 25.3 Å². The maximum Gasteiger partial charge on any atom is 0.259 e.